The van der Waals surface area contributed by atoms with E-state index in [1.54, 1.807) is 12.1 Å². The van der Waals surface area contributed by atoms with Gasteiger partial charge in [-0.15, -0.1) is 0 Å². The first-order chi connectivity index (χ1) is 8.66. The van der Waals surface area contributed by atoms with Crippen molar-refractivity contribution in [2.24, 2.45) is 0 Å². The predicted molar refractivity (Wildman–Crippen MR) is 80.4 cm³/mol. The highest BCUT2D eigenvalue weighted by atomic mass is 79.9. The van der Waals surface area contributed by atoms with Crippen LogP contribution in [-0.4, -0.2) is 0 Å². The SMILES string of the molecule is O=c1c2cc(Cl)ccc2cc(Br)c2ccccc12. The first kappa shape index (κ1) is 11.7. The van der Waals surface area contributed by atoms with Gasteiger partial charge in [0.15, 0.2) is 5.43 Å². The number of halogens is 2. The van der Waals surface area contributed by atoms with Gasteiger partial charge in [0.05, 0.1) is 0 Å². The first-order valence-electron chi connectivity index (χ1n) is 5.47. The molecule has 3 rings (SSSR count). The number of benzene rings is 2. The zero-order valence-corrected chi connectivity index (χ0v) is 11.6. The minimum absolute atomic E-state index is 0.00815. The smallest absolute Gasteiger partial charge is 0.194 e. The molecule has 0 spiro atoms. The van der Waals surface area contributed by atoms with Gasteiger partial charge in [0.25, 0.3) is 0 Å². The summed E-state index contributed by atoms with van der Waals surface area (Å²) in [4.78, 5) is 12.5. The molecule has 0 saturated heterocycles. The fourth-order valence-corrected chi connectivity index (χ4v) is 2.86. The molecule has 0 aliphatic rings. The van der Waals surface area contributed by atoms with Gasteiger partial charge in [-0.3, -0.25) is 4.79 Å². The maximum Gasteiger partial charge on any atom is 0.194 e. The van der Waals surface area contributed by atoms with Crippen LogP contribution in [0.25, 0.3) is 21.5 Å². The van der Waals surface area contributed by atoms with Crippen LogP contribution in [0.2, 0.25) is 5.02 Å². The van der Waals surface area contributed by atoms with Crippen molar-refractivity contribution >= 4 is 49.1 Å². The summed E-state index contributed by atoms with van der Waals surface area (Å²) in [6, 6.07) is 14.9. The third kappa shape index (κ3) is 1.82. The summed E-state index contributed by atoms with van der Waals surface area (Å²) in [5, 5.41) is 3.71. The Morgan fingerprint density at radius 2 is 1.61 bits per heavy atom. The fourth-order valence-electron chi connectivity index (χ4n) is 2.10. The van der Waals surface area contributed by atoms with Crippen molar-refractivity contribution in [3.8, 4) is 0 Å². The quantitative estimate of drug-likeness (QED) is 0.583. The standard InChI is InChI=1S/C15H8BrClO/c16-14-7-9-5-6-10(17)8-13(9)15(18)12-4-2-1-3-11(12)14/h1-8H. The number of fused-ring (bicyclic) bond motifs is 2. The average molecular weight is 320 g/mol. The molecule has 0 aromatic heterocycles. The molecule has 0 aliphatic carbocycles. The van der Waals surface area contributed by atoms with Gasteiger partial charge in [0, 0.05) is 20.3 Å². The molecule has 0 atom stereocenters. The molecule has 3 aromatic carbocycles. The average Bonchev–Trinajstić information content (AvgIpc) is 2.48. The number of hydrogen-bond donors (Lipinski definition) is 0. The van der Waals surface area contributed by atoms with Crippen molar-refractivity contribution in [3.05, 3.63) is 68.2 Å². The molecule has 0 heterocycles. The van der Waals surface area contributed by atoms with Crippen molar-refractivity contribution in [3.63, 3.8) is 0 Å². The van der Waals surface area contributed by atoms with Crippen LogP contribution in [-0.2, 0) is 0 Å². The lowest BCUT2D eigenvalue weighted by Gasteiger charge is -1.92. The van der Waals surface area contributed by atoms with Crippen LogP contribution in [0.15, 0.2) is 57.8 Å². The normalized spacial score (nSPS) is 11.0. The lowest BCUT2D eigenvalue weighted by molar-refractivity contribution is 1.74. The van der Waals surface area contributed by atoms with Crippen molar-refractivity contribution in [2.75, 3.05) is 0 Å². The Kier molecular flexibility index (Phi) is 2.84. The third-order valence-corrected chi connectivity index (χ3v) is 3.86. The Morgan fingerprint density at radius 1 is 0.889 bits per heavy atom. The highest BCUT2D eigenvalue weighted by Gasteiger charge is 2.05. The molecular formula is C15H8BrClO. The molecule has 0 aliphatic heterocycles. The molecule has 0 bridgehead atoms. The summed E-state index contributed by atoms with van der Waals surface area (Å²) in [7, 11) is 0. The number of hydrogen-bond acceptors (Lipinski definition) is 1. The zero-order valence-electron chi connectivity index (χ0n) is 9.28. The number of rotatable bonds is 0. The van der Waals surface area contributed by atoms with Gasteiger partial charge in [0.1, 0.15) is 0 Å². The van der Waals surface area contributed by atoms with E-state index in [9.17, 15) is 4.79 Å². The molecule has 1 nitrogen and oxygen atoms in total. The fraction of sp³-hybridized carbons (Fsp3) is 0. The van der Waals surface area contributed by atoms with Crippen molar-refractivity contribution in [2.45, 2.75) is 0 Å². The highest BCUT2D eigenvalue weighted by Crippen LogP contribution is 2.25. The van der Waals surface area contributed by atoms with E-state index in [2.05, 4.69) is 15.9 Å². The van der Waals surface area contributed by atoms with Gasteiger partial charge in [-0.05, 0) is 29.0 Å². The van der Waals surface area contributed by atoms with E-state index >= 15 is 0 Å². The molecule has 3 aromatic rings. The van der Waals surface area contributed by atoms with Crippen LogP contribution in [0.4, 0.5) is 0 Å². The highest BCUT2D eigenvalue weighted by molar-refractivity contribution is 9.10. The van der Waals surface area contributed by atoms with E-state index in [0.717, 1.165) is 15.2 Å². The summed E-state index contributed by atoms with van der Waals surface area (Å²) in [6.07, 6.45) is 0. The molecular weight excluding hydrogens is 312 g/mol. The summed E-state index contributed by atoms with van der Waals surface area (Å²) in [5.74, 6) is 0. The lowest BCUT2D eigenvalue weighted by Crippen LogP contribution is -1.97. The monoisotopic (exact) mass is 318 g/mol. The van der Waals surface area contributed by atoms with Crippen LogP contribution >= 0.6 is 27.5 Å². The molecule has 0 radical (unpaired) electrons. The van der Waals surface area contributed by atoms with Crippen molar-refractivity contribution in [1.29, 1.82) is 0 Å². The van der Waals surface area contributed by atoms with Gasteiger partial charge in [-0.25, -0.2) is 0 Å². The van der Waals surface area contributed by atoms with Crippen LogP contribution < -0.4 is 5.43 Å². The third-order valence-electron chi connectivity index (χ3n) is 2.97. The summed E-state index contributed by atoms with van der Waals surface area (Å²) >= 11 is 9.50. The minimum atomic E-state index is 0.00815. The van der Waals surface area contributed by atoms with Gasteiger partial charge < -0.3 is 0 Å². The van der Waals surface area contributed by atoms with E-state index < -0.39 is 0 Å². The Hall–Kier alpha value is -1.38. The van der Waals surface area contributed by atoms with Gasteiger partial charge in [-0.1, -0.05) is 57.9 Å². The second-order valence-electron chi connectivity index (χ2n) is 4.10. The largest absolute Gasteiger partial charge is 0.289 e. The van der Waals surface area contributed by atoms with E-state index in [1.807, 2.05) is 36.4 Å². The molecule has 0 unspecified atom stereocenters. The van der Waals surface area contributed by atoms with Crippen molar-refractivity contribution < 1.29 is 0 Å². The minimum Gasteiger partial charge on any atom is -0.289 e. The predicted octanol–water partition coefficient (Wildman–Crippen LogP) is 4.77. The van der Waals surface area contributed by atoms with Gasteiger partial charge in [0.2, 0.25) is 0 Å². The molecule has 3 heteroatoms. The van der Waals surface area contributed by atoms with Crippen molar-refractivity contribution in [1.82, 2.24) is 0 Å². The van der Waals surface area contributed by atoms with Crippen LogP contribution in [0.5, 0.6) is 0 Å². The Labute approximate surface area is 117 Å². The van der Waals surface area contributed by atoms with Crippen LogP contribution in [0, 0.1) is 0 Å². The van der Waals surface area contributed by atoms with E-state index in [1.165, 1.54) is 0 Å². The molecule has 0 N–H and O–H groups in total. The van der Waals surface area contributed by atoms with Gasteiger partial charge in [-0.2, -0.15) is 0 Å². The Bertz CT molecular complexity index is 827. The van der Waals surface area contributed by atoms with Crippen LogP contribution in [0.3, 0.4) is 0 Å². The van der Waals surface area contributed by atoms with Gasteiger partial charge >= 0.3 is 0 Å². The topological polar surface area (TPSA) is 17.1 Å². The summed E-state index contributed by atoms with van der Waals surface area (Å²) in [6.45, 7) is 0. The Balaban J connectivity index is 2.70. The maximum absolute atomic E-state index is 12.5. The van der Waals surface area contributed by atoms with E-state index in [-0.39, 0.29) is 5.43 Å². The second-order valence-corrected chi connectivity index (χ2v) is 5.39. The zero-order chi connectivity index (χ0) is 12.7. The molecule has 88 valence electrons. The maximum atomic E-state index is 12.5. The summed E-state index contributed by atoms with van der Waals surface area (Å²) in [5.41, 5.74) is 0.00815. The summed E-state index contributed by atoms with van der Waals surface area (Å²) < 4.78 is 0.910. The van der Waals surface area contributed by atoms with Crippen LogP contribution in [0.1, 0.15) is 0 Å². The van der Waals surface area contributed by atoms with E-state index in [4.69, 9.17) is 11.6 Å². The molecule has 0 amide bonds. The van der Waals surface area contributed by atoms with E-state index in [0.29, 0.717) is 15.8 Å². The molecule has 18 heavy (non-hydrogen) atoms. The first-order valence-corrected chi connectivity index (χ1v) is 6.65. The molecule has 0 fully saturated rings. The second kappa shape index (κ2) is 4.38. The molecule has 0 saturated carbocycles. The lowest BCUT2D eigenvalue weighted by atomic mass is 10.1. The Morgan fingerprint density at radius 3 is 2.39 bits per heavy atom.